The van der Waals surface area contributed by atoms with Gasteiger partial charge in [0.15, 0.2) is 46.0 Å². The van der Waals surface area contributed by atoms with Gasteiger partial charge in [-0.1, -0.05) is 18.2 Å². The number of ether oxygens (including phenoxy) is 9. The highest BCUT2D eigenvalue weighted by Crippen LogP contribution is 2.52. The molecular weight excluding hydrogens is 735 g/mol. The van der Waals surface area contributed by atoms with Crippen LogP contribution >= 0.6 is 0 Å². The highest BCUT2D eigenvalue weighted by atomic mass is 19.4. The average molecular weight is 776 g/mol. The molecule has 1 heterocycles. The van der Waals surface area contributed by atoms with Gasteiger partial charge in [0, 0.05) is 34.6 Å². The summed E-state index contributed by atoms with van der Waals surface area (Å²) in [4.78, 5) is 12.9. The first-order valence-electron chi connectivity index (χ1n) is 17.1. The zero-order valence-electron chi connectivity index (χ0n) is 32.0. The minimum atomic E-state index is -5.33. The molecule has 5 aromatic carbocycles. The molecule has 0 aliphatic heterocycles. The van der Waals surface area contributed by atoms with Crippen LogP contribution in [0, 0.1) is 0 Å². The highest BCUT2D eigenvalue weighted by molar-refractivity contribution is 6.22. The average Bonchev–Trinajstić information content (AvgIpc) is 3.60. The van der Waals surface area contributed by atoms with Crippen molar-refractivity contribution in [2.75, 3.05) is 56.9 Å². The summed E-state index contributed by atoms with van der Waals surface area (Å²) in [5.41, 5.74) is 3.27. The quantitative estimate of drug-likeness (QED) is 0.0787. The number of alkyl halides is 3. The molecule has 6 aromatic rings. The van der Waals surface area contributed by atoms with E-state index in [9.17, 15) is 18.0 Å². The first-order chi connectivity index (χ1) is 26.9. The molecule has 0 fully saturated rings. The molecule has 0 bridgehead atoms. The maximum Gasteiger partial charge on any atom is 0.491 e. The van der Waals surface area contributed by atoms with Crippen molar-refractivity contribution in [2.45, 2.75) is 19.1 Å². The number of carbonyl (C=O) groups is 1. The van der Waals surface area contributed by atoms with Gasteiger partial charge >= 0.3 is 12.1 Å². The smallest absolute Gasteiger partial charge is 0.491 e. The summed E-state index contributed by atoms with van der Waals surface area (Å²) in [6.07, 6.45) is -2.97. The van der Waals surface area contributed by atoms with Crippen LogP contribution in [0.2, 0.25) is 0 Å². The van der Waals surface area contributed by atoms with Crippen LogP contribution in [0.1, 0.15) is 5.56 Å². The molecule has 11 nitrogen and oxygen atoms in total. The summed E-state index contributed by atoms with van der Waals surface area (Å²) in [6, 6.07) is 19.1. The van der Waals surface area contributed by atoms with E-state index in [1.54, 1.807) is 50.6 Å². The summed E-state index contributed by atoms with van der Waals surface area (Å²) < 4.78 is 94.3. The second kappa shape index (κ2) is 16.1. The van der Waals surface area contributed by atoms with Crippen LogP contribution in [-0.2, 0) is 17.8 Å². The minimum Gasteiger partial charge on any atom is -0.493 e. The molecule has 0 aliphatic carbocycles. The molecule has 0 unspecified atom stereocenters. The molecule has 0 aliphatic rings. The molecule has 56 heavy (non-hydrogen) atoms. The van der Waals surface area contributed by atoms with Gasteiger partial charge in [-0.25, -0.2) is 4.79 Å². The fraction of sp³-hybridized carbons (Fsp3) is 0.262. The third-order valence-electron chi connectivity index (χ3n) is 9.46. The Balaban J connectivity index is 1.80. The number of aryl methyl sites for hydroxylation is 2. The lowest BCUT2D eigenvalue weighted by molar-refractivity contribution is -0.189. The second-order valence-corrected chi connectivity index (χ2v) is 12.4. The lowest BCUT2D eigenvalue weighted by Crippen LogP contribution is -2.28. The summed E-state index contributed by atoms with van der Waals surface area (Å²) in [7, 11) is 11.9. The zero-order valence-corrected chi connectivity index (χ0v) is 32.0. The second-order valence-electron chi connectivity index (χ2n) is 12.4. The topological polar surface area (TPSA) is 105 Å². The van der Waals surface area contributed by atoms with E-state index in [1.807, 2.05) is 35.0 Å². The Morgan fingerprint density at radius 3 is 1.57 bits per heavy atom. The van der Waals surface area contributed by atoms with Crippen LogP contribution in [0.4, 0.5) is 13.2 Å². The fourth-order valence-electron chi connectivity index (χ4n) is 6.81. The summed E-state index contributed by atoms with van der Waals surface area (Å²) >= 11 is 0. The number of benzene rings is 5. The van der Waals surface area contributed by atoms with Gasteiger partial charge in [-0.15, -0.1) is 0 Å². The first kappa shape index (κ1) is 39.3. The number of hydrogen-bond donors (Lipinski definition) is 0. The predicted octanol–water partition coefficient (Wildman–Crippen LogP) is 8.91. The Morgan fingerprint density at radius 1 is 0.571 bits per heavy atom. The molecule has 0 spiro atoms. The normalized spacial score (nSPS) is 11.3. The number of esters is 1. The Bertz CT molecular complexity index is 2420. The monoisotopic (exact) mass is 775 g/mol. The van der Waals surface area contributed by atoms with Crippen LogP contribution < -0.4 is 42.6 Å². The van der Waals surface area contributed by atoms with Crippen LogP contribution in [0.15, 0.2) is 72.9 Å². The van der Waals surface area contributed by atoms with Crippen LogP contribution in [0.5, 0.6) is 51.7 Å². The fourth-order valence-corrected chi connectivity index (χ4v) is 6.81. The van der Waals surface area contributed by atoms with E-state index in [4.69, 9.17) is 42.6 Å². The Morgan fingerprint density at radius 2 is 1.04 bits per heavy atom. The van der Waals surface area contributed by atoms with Crippen molar-refractivity contribution in [3.63, 3.8) is 0 Å². The molecule has 0 N–H and O–H groups in total. The number of hydrogen-bond acceptors (Lipinski definition) is 10. The zero-order chi connectivity index (χ0) is 40.3. The van der Waals surface area contributed by atoms with Crippen LogP contribution in [0.3, 0.4) is 0 Å². The molecule has 0 radical (unpaired) electrons. The van der Waals surface area contributed by atoms with Crippen LogP contribution in [-0.4, -0.2) is 73.6 Å². The van der Waals surface area contributed by atoms with Crippen molar-refractivity contribution < 1.29 is 60.6 Å². The van der Waals surface area contributed by atoms with E-state index in [2.05, 4.69) is 0 Å². The van der Waals surface area contributed by atoms with E-state index in [1.165, 1.54) is 48.7 Å². The maximum atomic E-state index is 14.1. The molecule has 14 heteroatoms. The van der Waals surface area contributed by atoms with Crippen molar-refractivity contribution in [3.05, 3.63) is 78.5 Å². The Hall–Kier alpha value is -6.44. The summed E-state index contributed by atoms with van der Waals surface area (Å²) in [5, 5.41) is 1.18. The van der Waals surface area contributed by atoms with Gasteiger partial charge in [-0.3, -0.25) is 0 Å². The number of rotatable bonds is 14. The standard InChI is InChI=1S/C42H40F3NO10/c1-48-29-12-9-23(17-32(29)51-4)15-16-46-22-28(24-10-13-30(49-2)33(18-24)52-5)38-26-20-35(54-7)36(55-8)21-27(26)40(56-41(47)42(43,44)45)37(39(38)46)25-11-14-31(50-3)34(19-25)53-6/h9-14,17-22H,15-16H2,1-8H3. The largest absolute Gasteiger partial charge is 0.493 e. The summed E-state index contributed by atoms with van der Waals surface area (Å²) in [5.74, 6) is 0.449. The molecular formula is C42H40F3NO10. The lowest BCUT2D eigenvalue weighted by Gasteiger charge is -2.21. The maximum absolute atomic E-state index is 14.1. The van der Waals surface area contributed by atoms with E-state index in [0.717, 1.165) is 5.56 Å². The molecule has 0 saturated carbocycles. The SMILES string of the molecule is COc1ccc(CCn2cc(-c3ccc(OC)c(OC)c3)c3c4cc(OC)c(OC)cc4c(OC(=O)C(F)(F)F)c(-c4ccc(OC)c(OC)c4)c32)cc1OC. The van der Waals surface area contributed by atoms with Crippen molar-refractivity contribution in [1.82, 2.24) is 4.57 Å². The number of fused-ring (bicyclic) bond motifs is 3. The number of halogens is 3. The van der Waals surface area contributed by atoms with Crippen LogP contribution in [0.25, 0.3) is 43.9 Å². The van der Waals surface area contributed by atoms with Gasteiger partial charge in [0.05, 0.1) is 62.4 Å². The molecule has 1 aromatic heterocycles. The highest BCUT2D eigenvalue weighted by Gasteiger charge is 2.42. The molecule has 294 valence electrons. The van der Waals surface area contributed by atoms with Gasteiger partial charge in [0.25, 0.3) is 0 Å². The Kier molecular flexibility index (Phi) is 11.3. The molecule has 0 amide bonds. The third-order valence-corrected chi connectivity index (χ3v) is 9.46. The van der Waals surface area contributed by atoms with Gasteiger partial charge < -0.3 is 47.2 Å². The van der Waals surface area contributed by atoms with Gasteiger partial charge in [0.1, 0.15) is 5.75 Å². The predicted molar refractivity (Wildman–Crippen MR) is 205 cm³/mol. The minimum absolute atomic E-state index is 0.150. The van der Waals surface area contributed by atoms with Gasteiger partial charge in [-0.2, -0.15) is 13.2 Å². The van der Waals surface area contributed by atoms with E-state index in [0.29, 0.717) is 86.2 Å². The van der Waals surface area contributed by atoms with Crippen molar-refractivity contribution in [2.24, 2.45) is 0 Å². The van der Waals surface area contributed by atoms with Gasteiger partial charge in [-0.05, 0) is 77.0 Å². The summed E-state index contributed by atoms with van der Waals surface area (Å²) in [6.45, 7) is 0.311. The number of aromatic nitrogens is 1. The van der Waals surface area contributed by atoms with Gasteiger partial charge in [0.2, 0.25) is 0 Å². The van der Waals surface area contributed by atoms with E-state index < -0.39 is 12.1 Å². The lowest BCUT2D eigenvalue weighted by atomic mass is 9.92. The van der Waals surface area contributed by atoms with Crippen molar-refractivity contribution in [1.29, 1.82) is 0 Å². The molecule has 6 rings (SSSR count). The van der Waals surface area contributed by atoms with E-state index >= 15 is 0 Å². The van der Waals surface area contributed by atoms with E-state index in [-0.39, 0.29) is 22.4 Å². The third kappa shape index (κ3) is 7.21. The number of nitrogens with zero attached hydrogens (tertiary/aromatic N) is 1. The Labute approximate surface area is 320 Å². The molecule has 0 saturated heterocycles. The van der Waals surface area contributed by atoms with Crippen molar-refractivity contribution in [3.8, 4) is 74.0 Å². The molecule has 0 atom stereocenters. The number of carbonyl (C=O) groups excluding carboxylic acids is 1. The first-order valence-corrected chi connectivity index (χ1v) is 17.1. The number of methoxy groups -OCH3 is 8. The van der Waals surface area contributed by atoms with Crippen molar-refractivity contribution >= 4 is 27.6 Å².